The minimum absolute atomic E-state index is 0.265. The molecule has 0 aromatic carbocycles. The molecule has 0 radical (unpaired) electrons. The first-order chi connectivity index (χ1) is 5.83. The van der Waals surface area contributed by atoms with Crippen LogP contribution in [0.1, 0.15) is 6.92 Å². The van der Waals surface area contributed by atoms with Gasteiger partial charge < -0.3 is 4.74 Å². The highest BCUT2D eigenvalue weighted by molar-refractivity contribution is 5.86. The summed E-state index contributed by atoms with van der Waals surface area (Å²) in [5.41, 5.74) is 0.408. The van der Waals surface area contributed by atoms with E-state index in [-0.39, 0.29) is 12.6 Å². The molecule has 0 rings (SSSR count). The number of hydrogen-bond acceptors (Lipinski definition) is 3. The third-order valence-electron chi connectivity index (χ3n) is 1.14. The average molecular weight is 188 g/mol. The molecule has 4 nitrogen and oxygen atoms in total. The van der Waals surface area contributed by atoms with E-state index in [1.165, 1.54) is 0 Å². The third-order valence-corrected chi connectivity index (χ3v) is 1.14. The Balaban J connectivity index is 3.47. The van der Waals surface area contributed by atoms with Gasteiger partial charge in [0, 0.05) is 5.57 Å². The lowest BCUT2D eigenvalue weighted by atomic mass is 10.4. The molecular formula is C9H18NO3+. The predicted molar refractivity (Wildman–Crippen MR) is 49.8 cm³/mol. The molecule has 0 saturated heterocycles. The Bertz CT molecular complexity index is 194. The molecule has 0 aromatic rings. The Morgan fingerprint density at radius 3 is 2.23 bits per heavy atom. The van der Waals surface area contributed by atoms with Crippen molar-refractivity contribution < 1.29 is 19.0 Å². The molecule has 0 aliphatic rings. The smallest absolute Gasteiger partial charge is 0.333 e. The summed E-state index contributed by atoms with van der Waals surface area (Å²) in [6.45, 7) is 5.73. The molecule has 76 valence electrons. The lowest BCUT2D eigenvalue weighted by Gasteiger charge is -2.20. The zero-order valence-corrected chi connectivity index (χ0v) is 8.79. The van der Waals surface area contributed by atoms with Crippen LogP contribution in [-0.4, -0.2) is 45.0 Å². The van der Waals surface area contributed by atoms with Gasteiger partial charge in [-0.15, -0.1) is 0 Å². The van der Waals surface area contributed by atoms with Crippen LogP contribution in [0.25, 0.3) is 0 Å². The number of rotatable bonds is 5. The van der Waals surface area contributed by atoms with E-state index in [2.05, 4.69) is 6.58 Å². The Morgan fingerprint density at radius 2 is 1.85 bits per heavy atom. The fourth-order valence-corrected chi connectivity index (χ4v) is 0.569. The first-order valence-corrected chi connectivity index (χ1v) is 4.11. The van der Waals surface area contributed by atoms with Crippen LogP contribution in [0.5, 0.6) is 0 Å². The van der Waals surface area contributed by atoms with Gasteiger partial charge in [-0.2, -0.15) is 4.65 Å². The van der Waals surface area contributed by atoms with Crippen molar-refractivity contribution in [2.45, 2.75) is 6.92 Å². The van der Waals surface area contributed by atoms with Crippen molar-refractivity contribution in [3.05, 3.63) is 12.2 Å². The number of hydrogen-bond donors (Lipinski definition) is 0. The highest BCUT2D eigenvalue weighted by atomic mass is 16.7. The van der Waals surface area contributed by atoms with Crippen molar-refractivity contribution in [2.75, 3.05) is 34.4 Å². The lowest BCUT2D eigenvalue weighted by Crippen LogP contribution is -2.35. The van der Waals surface area contributed by atoms with Gasteiger partial charge in [0.1, 0.15) is 13.2 Å². The van der Waals surface area contributed by atoms with Gasteiger partial charge >= 0.3 is 5.97 Å². The van der Waals surface area contributed by atoms with E-state index in [0.717, 1.165) is 0 Å². The maximum Gasteiger partial charge on any atom is 0.333 e. The normalized spacial score (nSPS) is 11.1. The van der Waals surface area contributed by atoms with Crippen LogP contribution in [-0.2, 0) is 14.4 Å². The van der Waals surface area contributed by atoms with Crippen molar-refractivity contribution in [1.29, 1.82) is 0 Å². The molecule has 0 aromatic heterocycles. The van der Waals surface area contributed by atoms with Gasteiger partial charge in [-0.1, -0.05) is 6.58 Å². The number of nitrogens with zero attached hydrogens (tertiary/aromatic N) is 1. The molecule has 0 aliphatic heterocycles. The topological polar surface area (TPSA) is 35.5 Å². The Morgan fingerprint density at radius 1 is 1.31 bits per heavy atom. The molecule has 13 heavy (non-hydrogen) atoms. The minimum Gasteiger partial charge on any atom is -0.460 e. The van der Waals surface area contributed by atoms with Crippen LogP contribution in [0.4, 0.5) is 0 Å². The minimum atomic E-state index is -0.370. The molecule has 0 spiro atoms. The molecule has 0 fully saturated rings. The second-order valence-electron chi connectivity index (χ2n) is 3.64. The molecule has 0 unspecified atom stereocenters. The number of hydroxylamine groups is 3. The molecule has 0 saturated carbocycles. The molecule has 4 heteroatoms. The molecule has 0 N–H and O–H groups in total. The second-order valence-corrected chi connectivity index (χ2v) is 3.64. The fraction of sp³-hybridized carbons (Fsp3) is 0.667. The monoisotopic (exact) mass is 188 g/mol. The van der Waals surface area contributed by atoms with Crippen LogP contribution in [0.2, 0.25) is 0 Å². The summed E-state index contributed by atoms with van der Waals surface area (Å²) in [4.78, 5) is 16.2. The van der Waals surface area contributed by atoms with Gasteiger partial charge in [0.05, 0.1) is 21.1 Å². The Kier molecular flexibility index (Phi) is 4.66. The van der Waals surface area contributed by atoms with E-state index in [1.807, 2.05) is 21.1 Å². The molecule has 0 atom stereocenters. The fourth-order valence-electron chi connectivity index (χ4n) is 0.569. The summed E-state index contributed by atoms with van der Waals surface area (Å²) in [6.07, 6.45) is 0. The summed E-state index contributed by atoms with van der Waals surface area (Å²) in [5, 5.41) is 0. The van der Waals surface area contributed by atoms with Crippen LogP contribution in [0, 0.1) is 0 Å². The van der Waals surface area contributed by atoms with E-state index >= 15 is 0 Å². The van der Waals surface area contributed by atoms with Gasteiger partial charge in [-0.25, -0.2) is 9.63 Å². The van der Waals surface area contributed by atoms with Crippen molar-refractivity contribution in [2.24, 2.45) is 0 Å². The maximum atomic E-state index is 10.9. The first-order valence-electron chi connectivity index (χ1n) is 4.11. The van der Waals surface area contributed by atoms with Crippen molar-refractivity contribution in [3.63, 3.8) is 0 Å². The number of esters is 1. The first kappa shape index (κ1) is 12.1. The van der Waals surface area contributed by atoms with E-state index in [4.69, 9.17) is 9.57 Å². The Labute approximate surface area is 79.3 Å². The standard InChI is InChI=1S/C9H18NO3/c1-8(2)9(11)12-6-7-13-10(3,4)5/h1,6-7H2,2-5H3/q+1. The summed E-state index contributed by atoms with van der Waals surface area (Å²) >= 11 is 0. The van der Waals surface area contributed by atoms with E-state index in [9.17, 15) is 4.79 Å². The van der Waals surface area contributed by atoms with Gasteiger partial charge in [-0.05, 0) is 6.92 Å². The summed E-state index contributed by atoms with van der Waals surface area (Å²) < 4.78 is 5.22. The number of ether oxygens (including phenoxy) is 1. The Hall–Kier alpha value is -0.870. The number of carbonyl (C=O) groups excluding carboxylic acids is 1. The van der Waals surface area contributed by atoms with Gasteiger partial charge in [-0.3, -0.25) is 0 Å². The largest absolute Gasteiger partial charge is 0.460 e. The predicted octanol–water partition coefficient (Wildman–Crippen LogP) is 0.744. The van der Waals surface area contributed by atoms with E-state index in [1.54, 1.807) is 6.92 Å². The zero-order chi connectivity index (χ0) is 10.5. The van der Waals surface area contributed by atoms with Crippen molar-refractivity contribution in [1.82, 2.24) is 0 Å². The number of carbonyl (C=O) groups is 1. The highest BCUT2D eigenvalue weighted by Gasteiger charge is 2.08. The van der Waals surface area contributed by atoms with Gasteiger partial charge in [0.15, 0.2) is 0 Å². The summed E-state index contributed by atoms with van der Waals surface area (Å²) in [7, 11) is 5.67. The molecule has 0 amide bonds. The summed E-state index contributed by atoms with van der Waals surface area (Å²) in [6, 6.07) is 0. The third kappa shape index (κ3) is 7.49. The quantitative estimate of drug-likeness (QED) is 0.210. The lowest BCUT2D eigenvalue weighted by molar-refractivity contribution is -1.06. The molecule has 0 aliphatic carbocycles. The summed E-state index contributed by atoms with van der Waals surface area (Å²) in [5.74, 6) is -0.370. The van der Waals surface area contributed by atoms with Crippen LogP contribution in [0.3, 0.4) is 0 Å². The van der Waals surface area contributed by atoms with Crippen LogP contribution < -0.4 is 0 Å². The molecule has 0 heterocycles. The molecule has 0 bridgehead atoms. The van der Waals surface area contributed by atoms with Gasteiger partial charge in [0.25, 0.3) is 0 Å². The van der Waals surface area contributed by atoms with Crippen LogP contribution in [0.15, 0.2) is 12.2 Å². The highest BCUT2D eigenvalue weighted by Crippen LogP contribution is 1.94. The van der Waals surface area contributed by atoms with Crippen molar-refractivity contribution >= 4 is 5.97 Å². The SMILES string of the molecule is C=C(C)C(=O)OCCO[N+](C)(C)C. The molecular weight excluding hydrogens is 170 g/mol. The van der Waals surface area contributed by atoms with E-state index in [0.29, 0.717) is 16.8 Å². The van der Waals surface area contributed by atoms with Crippen molar-refractivity contribution in [3.8, 4) is 0 Å². The van der Waals surface area contributed by atoms with Gasteiger partial charge in [0.2, 0.25) is 0 Å². The maximum absolute atomic E-state index is 10.9. The number of quaternary nitrogens is 1. The average Bonchev–Trinajstić information content (AvgIpc) is 1.95. The van der Waals surface area contributed by atoms with E-state index < -0.39 is 0 Å². The second kappa shape index (κ2) is 4.99. The van der Waals surface area contributed by atoms with Crippen LogP contribution >= 0.6 is 0 Å². The zero-order valence-electron chi connectivity index (χ0n) is 8.79.